The van der Waals surface area contributed by atoms with E-state index in [-0.39, 0.29) is 0 Å². The Bertz CT molecular complexity index is 3140. The van der Waals surface area contributed by atoms with Crippen molar-refractivity contribution >= 4 is 75.1 Å². The fourth-order valence-corrected chi connectivity index (χ4v) is 9.26. The molecule has 11 aromatic rings. The van der Waals surface area contributed by atoms with Crippen LogP contribution in [0, 0.1) is 0 Å². The molecule has 51 heavy (non-hydrogen) atoms. The minimum Gasteiger partial charge on any atom is -0.309 e. The van der Waals surface area contributed by atoms with E-state index in [2.05, 4.69) is 191 Å². The van der Waals surface area contributed by atoms with Gasteiger partial charge in [0.05, 0.1) is 22.1 Å². The van der Waals surface area contributed by atoms with Crippen LogP contribution in [0.5, 0.6) is 0 Å². The molecular formula is C48H30N2S. The number of hydrogen-bond acceptors (Lipinski definition) is 1. The van der Waals surface area contributed by atoms with Gasteiger partial charge in [-0.2, -0.15) is 0 Å². The summed E-state index contributed by atoms with van der Waals surface area (Å²) in [5, 5.41) is 7.68. The lowest BCUT2D eigenvalue weighted by Gasteiger charge is -2.12. The lowest BCUT2D eigenvalue weighted by atomic mass is 9.99. The highest BCUT2D eigenvalue weighted by atomic mass is 32.1. The SMILES string of the molecule is c1ccc(-c2cccc(-c3cccc(-n4c5ccccc5c5cc6c7ccccc7n(-c7ccc8sc9ccccc9c8c7)c6cc54)c3)c2)cc1. The zero-order valence-electron chi connectivity index (χ0n) is 27.6. The van der Waals surface area contributed by atoms with Crippen LogP contribution in [0.15, 0.2) is 182 Å². The highest BCUT2D eigenvalue weighted by molar-refractivity contribution is 7.25. The number of fused-ring (bicyclic) bond motifs is 9. The van der Waals surface area contributed by atoms with Crippen LogP contribution in [0.3, 0.4) is 0 Å². The van der Waals surface area contributed by atoms with Gasteiger partial charge in [-0.1, -0.05) is 115 Å². The Morgan fingerprint density at radius 3 is 1.53 bits per heavy atom. The van der Waals surface area contributed by atoms with Crippen LogP contribution in [0.4, 0.5) is 0 Å². The van der Waals surface area contributed by atoms with Crippen LogP contribution in [0.2, 0.25) is 0 Å². The largest absolute Gasteiger partial charge is 0.309 e. The molecule has 0 spiro atoms. The minimum atomic E-state index is 1.15. The molecule has 11 rings (SSSR count). The Kier molecular flexibility index (Phi) is 6.16. The lowest BCUT2D eigenvalue weighted by molar-refractivity contribution is 1.17. The topological polar surface area (TPSA) is 9.86 Å². The van der Waals surface area contributed by atoms with Gasteiger partial charge in [0.25, 0.3) is 0 Å². The average molecular weight is 667 g/mol. The molecule has 0 amide bonds. The van der Waals surface area contributed by atoms with Gasteiger partial charge in [-0.15, -0.1) is 11.3 Å². The zero-order chi connectivity index (χ0) is 33.5. The van der Waals surface area contributed by atoms with E-state index in [1.807, 2.05) is 11.3 Å². The zero-order valence-corrected chi connectivity index (χ0v) is 28.4. The molecule has 0 radical (unpaired) electrons. The Balaban J connectivity index is 1.16. The first-order chi connectivity index (χ1) is 25.3. The molecule has 0 fully saturated rings. The summed E-state index contributed by atoms with van der Waals surface area (Å²) in [4.78, 5) is 0. The number of nitrogens with zero attached hydrogens (tertiary/aromatic N) is 2. The molecule has 8 aromatic carbocycles. The van der Waals surface area contributed by atoms with Crippen molar-refractivity contribution in [2.75, 3.05) is 0 Å². The van der Waals surface area contributed by atoms with E-state index in [0.29, 0.717) is 0 Å². The Morgan fingerprint density at radius 2 is 0.804 bits per heavy atom. The Labute approximate surface area is 298 Å². The summed E-state index contributed by atoms with van der Waals surface area (Å²) in [7, 11) is 0. The predicted octanol–water partition coefficient (Wildman–Crippen LogP) is 13.6. The number of aromatic nitrogens is 2. The molecular weight excluding hydrogens is 637 g/mol. The van der Waals surface area contributed by atoms with Crippen molar-refractivity contribution in [2.24, 2.45) is 0 Å². The van der Waals surface area contributed by atoms with Crippen molar-refractivity contribution in [1.82, 2.24) is 9.13 Å². The van der Waals surface area contributed by atoms with E-state index in [4.69, 9.17) is 0 Å². The molecule has 2 nitrogen and oxygen atoms in total. The molecule has 0 saturated heterocycles. The molecule has 238 valence electrons. The monoisotopic (exact) mass is 666 g/mol. The third kappa shape index (κ3) is 4.35. The van der Waals surface area contributed by atoms with E-state index in [0.717, 1.165) is 5.69 Å². The van der Waals surface area contributed by atoms with Gasteiger partial charge in [0.2, 0.25) is 0 Å². The smallest absolute Gasteiger partial charge is 0.0562 e. The van der Waals surface area contributed by atoms with Crippen LogP contribution < -0.4 is 0 Å². The molecule has 0 aliphatic rings. The van der Waals surface area contributed by atoms with Crippen molar-refractivity contribution in [1.29, 1.82) is 0 Å². The van der Waals surface area contributed by atoms with Crippen molar-refractivity contribution in [3.8, 4) is 33.6 Å². The quantitative estimate of drug-likeness (QED) is 0.177. The standard InChI is InChI=1S/C48H30N2S/c1-2-12-31(13-3-1)32-14-10-15-33(26-32)34-16-11-17-35(27-34)49-43-21-7-4-18-37(43)40-29-41-38-19-5-8-22-44(38)50(46(41)30-45(40)49)36-24-25-48-42(28-36)39-20-6-9-23-47(39)51-48/h1-30H. The lowest BCUT2D eigenvalue weighted by Crippen LogP contribution is -1.96. The van der Waals surface area contributed by atoms with Gasteiger partial charge in [0.15, 0.2) is 0 Å². The van der Waals surface area contributed by atoms with Crippen LogP contribution in [0.25, 0.3) is 97.4 Å². The maximum Gasteiger partial charge on any atom is 0.0562 e. The minimum absolute atomic E-state index is 1.15. The maximum absolute atomic E-state index is 2.46. The van der Waals surface area contributed by atoms with Gasteiger partial charge in [-0.25, -0.2) is 0 Å². The predicted molar refractivity (Wildman–Crippen MR) is 219 cm³/mol. The van der Waals surface area contributed by atoms with Crippen molar-refractivity contribution < 1.29 is 0 Å². The second-order valence-electron chi connectivity index (χ2n) is 13.4. The van der Waals surface area contributed by atoms with E-state index in [1.165, 1.54) is 91.7 Å². The normalized spacial score (nSPS) is 11.9. The summed E-state index contributed by atoms with van der Waals surface area (Å²) >= 11 is 1.87. The molecule has 3 aromatic heterocycles. The number of rotatable bonds is 4. The first-order valence-electron chi connectivity index (χ1n) is 17.4. The Morgan fingerprint density at radius 1 is 0.275 bits per heavy atom. The third-order valence-corrected chi connectivity index (χ3v) is 11.6. The van der Waals surface area contributed by atoms with Gasteiger partial charge in [0, 0.05) is 53.1 Å². The summed E-state index contributed by atoms with van der Waals surface area (Å²) in [5.74, 6) is 0. The maximum atomic E-state index is 2.46. The fourth-order valence-electron chi connectivity index (χ4n) is 8.17. The third-order valence-electron chi connectivity index (χ3n) is 10.5. The molecule has 0 bridgehead atoms. The first kappa shape index (κ1) is 28.4. The first-order valence-corrected chi connectivity index (χ1v) is 18.2. The number of para-hydroxylation sites is 2. The van der Waals surface area contributed by atoms with Gasteiger partial charge in [-0.3, -0.25) is 0 Å². The number of hydrogen-bond donors (Lipinski definition) is 0. The van der Waals surface area contributed by atoms with Crippen molar-refractivity contribution in [2.45, 2.75) is 0 Å². The second-order valence-corrected chi connectivity index (χ2v) is 14.5. The molecule has 0 N–H and O–H groups in total. The summed E-state index contributed by atoms with van der Waals surface area (Å²) in [6.07, 6.45) is 0. The molecule has 0 aliphatic carbocycles. The van der Waals surface area contributed by atoms with Crippen LogP contribution in [-0.2, 0) is 0 Å². The van der Waals surface area contributed by atoms with Crippen molar-refractivity contribution in [3.05, 3.63) is 182 Å². The van der Waals surface area contributed by atoms with E-state index >= 15 is 0 Å². The highest BCUT2D eigenvalue weighted by Gasteiger charge is 2.19. The Hall–Kier alpha value is -6.42. The number of thiophene rings is 1. The van der Waals surface area contributed by atoms with Crippen molar-refractivity contribution in [3.63, 3.8) is 0 Å². The van der Waals surface area contributed by atoms with Gasteiger partial charge in [-0.05, 0) is 89.0 Å². The van der Waals surface area contributed by atoms with Gasteiger partial charge < -0.3 is 9.13 Å². The fraction of sp³-hybridized carbons (Fsp3) is 0. The van der Waals surface area contributed by atoms with Crippen LogP contribution in [-0.4, -0.2) is 9.13 Å². The summed E-state index contributed by atoms with van der Waals surface area (Å²) in [6.45, 7) is 0. The summed E-state index contributed by atoms with van der Waals surface area (Å²) in [6, 6.07) is 66.7. The molecule has 0 saturated carbocycles. The van der Waals surface area contributed by atoms with Gasteiger partial charge in [0.1, 0.15) is 0 Å². The molecule has 3 heteroatoms. The average Bonchev–Trinajstić information content (AvgIpc) is 3.84. The highest BCUT2D eigenvalue weighted by Crippen LogP contribution is 2.41. The summed E-state index contributed by atoms with van der Waals surface area (Å²) in [5.41, 5.74) is 12.0. The molecule has 3 heterocycles. The molecule has 0 unspecified atom stereocenters. The van der Waals surface area contributed by atoms with E-state index in [9.17, 15) is 0 Å². The van der Waals surface area contributed by atoms with Crippen LogP contribution >= 0.6 is 11.3 Å². The number of benzene rings is 8. The summed E-state index contributed by atoms with van der Waals surface area (Å²) < 4.78 is 7.56. The molecule has 0 aliphatic heterocycles. The second kappa shape index (κ2) is 11.0. The molecule has 0 atom stereocenters. The van der Waals surface area contributed by atoms with Crippen LogP contribution in [0.1, 0.15) is 0 Å². The van der Waals surface area contributed by atoms with E-state index < -0.39 is 0 Å². The van der Waals surface area contributed by atoms with Gasteiger partial charge >= 0.3 is 0 Å². The van der Waals surface area contributed by atoms with E-state index in [1.54, 1.807) is 0 Å².